The average Bonchev–Trinajstić information content (AvgIpc) is 2.79. The Balaban J connectivity index is 1.60. The predicted molar refractivity (Wildman–Crippen MR) is 144 cm³/mol. The summed E-state index contributed by atoms with van der Waals surface area (Å²) in [5, 5.41) is 5.08. The Morgan fingerprint density at radius 1 is 1.09 bits per heavy atom. The van der Waals surface area contributed by atoms with Crippen LogP contribution in [0.2, 0.25) is 10.0 Å². The second kappa shape index (κ2) is 13.1. The van der Waals surface area contributed by atoms with Crippen LogP contribution in [0, 0.1) is 3.57 Å². The van der Waals surface area contributed by atoms with E-state index < -0.39 is 0 Å². The van der Waals surface area contributed by atoms with Gasteiger partial charge in [0.15, 0.2) is 11.5 Å². The van der Waals surface area contributed by atoms with Crippen molar-refractivity contribution in [3.8, 4) is 11.5 Å². The van der Waals surface area contributed by atoms with E-state index >= 15 is 0 Å². The summed E-state index contributed by atoms with van der Waals surface area (Å²) in [6.45, 7) is 2.71. The van der Waals surface area contributed by atoms with Crippen LogP contribution in [0.15, 0.2) is 70.7 Å². The predicted octanol–water partition coefficient (Wildman–Crippen LogP) is 6.82. The molecule has 1 N–H and O–H groups in total. The summed E-state index contributed by atoms with van der Waals surface area (Å²) in [4.78, 5) is 13.0. The number of benzene rings is 3. The van der Waals surface area contributed by atoms with Gasteiger partial charge in [-0.05, 0) is 89.2 Å². The van der Waals surface area contributed by atoms with Crippen molar-refractivity contribution < 1.29 is 14.3 Å². The summed E-state index contributed by atoms with van der Waals surface area (Å²) in [5.41, 5.74) is 4.22. The first kappa shape index (κ1) is 25.7. The topological polar surface area (TPSA) is 59.9 Å². The third-order valence-electron chi connectivity index (χ3n) is 4.21. The Labute approximate surface area is 221 Å². The number of amides is 1. The molecule has 0 spiro atoms. The number of halogens is 3. The highest BCUT2D eigenvalue weighted by atomic mass is 127. The molecule has 0 atom stereocenters. The van der Waals surface area contributed by atoms with Crippen LogP contribution in [0.25, 0.3) is 0 Å². The summed E-state index contributed by atoms with van der Waals surface area (Å²) >= 11 is 16.0. The van der Waals surface area contributed by atoms with Crippen LogP contribution in [0.4, 0.5) is 0 Å². The molecule has 0 bridgehead atoms. The molecule has 0 aliphatic rings. The molecule has 0 aliphatic carbocycles. The number of hydrazone groups is 1. The molecule has 9 heteroatoms. The number of rotatable bonds is 10. The molecule has 3 rings (SSSR count). The minimum absolute atomic E-state index is 0.222. The standard InChI is InChI=1S/C24H21Cl2IN2O3S/c1-2-31-22-12-17(11-21(26)24(22)32-14-16-3-7-19(27)8-4-16)13-28-29-23(30)15-33-20-9-5-18(25)6-10-20/h3-13H,2,14-15H2,1H3,(H,29,30)/b28-13-. The van der Waals surface area contributed by atoms with E-state index in [1.54, 1.807) is 24.3 Å². The number of nitrogens with one attached hydrogen (secondary N) is 1. The monoisotopic (exact) mass is 614 g/mol. The van der Waals surface area contributed by atoms with Gasteiger partial charge in [-0.3, -0.25) is 4.79 Å². The number of thioether (sulfide) groups is 1. The van der Waals surface area contributed by atoms with Crippen molar-refractivity contribution >= 4 is 69.7 Å². The smallest absolute Gasteiger partial charge is 0.250 e. The second-order valence-electron chi connectivity index (χ2n) is 6.71. The highest BCUT2D eigenvalue weighted by Gasteiger charge is 2.13. The minimum Gasteiger partial charge on any atom is -0.490 e. The van der Waals surface area contributed by atoms with E-state index in [1.165, 1.54) is 18.0 Å². The van der Waals surface area contributed by atoms with Crippen molar-refractivity contribution in [2.45, 2.75) is 18.4 Å². The van der Waals surface area contributed by atoms with E-state index in [2.05, 4.69) is 33.1 Å². The van der Waals surface area contributed by atoms with Crippen molar-refractivity contribution in [2.24, 2.45) is 5.10 Å². The fraction of sp³-hybridized carbons (Fsp3) is 0.167. The molecule has 0 saturated heterocycles. The van der Waals surface area contributed by atoms with E-state index in [0.717, 1.165) is 14.0 Å². The largest absolute Gasteiger partial charge is 0.490 e. The lowest BCUT2D eigenvalue weighted by Crippen LogP contribution is -2.19. The summed E-state index contributed by atoms with van der Waals surface area (Å²) in [6.07, 6.45) is 1.52. The Morgan fingerprint density at radius 2 is 1.82 bits per heavy atom. The number of carbonyl (C=O) groups excluding carboxylic acids is 1. The molecule has 5 nitrogen and oxygen atoms in total. The van der Waals surface area contributed by atoms with Crippen molar-refractivity contribution in [3.05, 3.63) is 85.4 Å². The maximum atomic E-state index is 12.1. The number of hydrogen-bond donors (Lipinski definition) is 1. The SMILES string of the molecule is CCOc1cc(/C=N\NC(=O)CSc2ccc(Cl)cc2)cc(Cl)c1OCc1ccc(I)cc1. The van der Waals surface area contributed by atoms with Crippen LogP contribution < -0.4 is 14.9 Å². The van der Waals surface area contributed by atoms with Crippen LogP contribution in [-0.2, 0) is 11.4 Å². The summed E-state index contributed by atoms with van der Waals surface area (Å²) in [7, 11) is 0. The van der Waals surface area contributed by atoms with E-state index in [9.17, 15) is 4.79 Å². The van der Waals surface area contributed by atoms with Gasteiger partial charge in [0.2, 0.25) is 5.91 Å². The zero-order valence-corrected chi connectivity index (χ0v) is 22.2. The van der Waals surface area contributed by atoms with Gasteiger partial charge in [0.05, 0.1) is 23.6 Å². The molecule has 0 saturated carbocycles. The molecule has 172 valence electrons. The lowest BCUT2D eigenvalue weighted by molar-refractivity contribution is -0.118. The fourth-order valence-corrected chi connectivity index (χ4v) is 4.14. The summed E-state index contributed by atoms with van der Waals surface area (Å²) in [6, 6.07) is 18.8. The van der Waals surface area contributed by atoms with E-state index in [0.29, 0.717) is 40.3 Å². The van der Waals surface area contributed by atoms with Crippen molar-refractivity contribution in [2.75, 3.05) is 12.4 Å². The number of nitrogens with zero attached hydrogens (tertiary/aromatic N) is 1. The van der Waals surface area contributed by atoms with Gasteiger partial charge >= 0.3 is 0 Å². The molecule has 0 unspecified atom stereocenters. The minimum atomic E-state index is -0.222. The highest BCUT2D eigenvalue weighted by molar-refractivity contribution is 14.1. The molecule has 0 heterocycles. The van der Waals surface area contributed by atoms with Gasteiger partial charge < -0.3 is 9.47 Å². The quantitative estimate of drug-likeness (QED) is 0.118. The van der Waals surface area contributed by atoms with Crippen LogP contribution in [-0.4, -0.2) is 24.5 Å². The van der Waals surface area contributed by atoms with Crippen LogP contribution in [0.3, 0.4) is 0 Å². The maximum absolute atomic E-state index is 12.1. The van der Waals surface area contributed by atoms with Gasteiger partial charge in [-0.1, -0.05) is 35.3 Å². The first-order valence-corrected chi connectivity index (χ1v) is 12.8. The fourth-order valence-electron chi connectivity index (χ4n) is 2.69. The molecule has 0 aliphatic heterocycles. The van der Waals surface area contributed by atoms with Crippen molar-refractivity contribution in [1.29, 1.82) is 0 Å². The second-order valence-corrected chi connectivity index (χ2v) is 9.85. The zero-order chi connectivity index (χ0) is 23.6. The number of ether oxygens (including phenoxy) is 2. The van der Waals surface area contributed by atoms with Gasteiger partial charge in [0.25, 0.3) is 0 Å². The molecule has 33 heavy (non-hydrogen) atoms. The first-order chi connectivity index (χ1) is 15.9. The summed E-state index contributed by atoms with van der Waals surface area (Å²) in [5.74, 6) is 0.994. The van der Waals surface area contributed by atoms with E-state index in [-0.39, 0.29) is 11.7 Å². The Morgan fingerprint density at radius 3 is 2.52 bits per heavy atom. The van der Waals surface area contributed by atoms with Crippen molar-refractivity contribution in [3.63, 3.8) is 0 Å². The lowest BCUT2D eigenvalue weighted by atomic mass is 10.2. The van der Waals surface area contributed by atoms with E-state index in [1.807, 2.05) is 43.3 Å². The third-order valence-corrected chi connectivity index (χ3v) is 6.48. The van der Waals surface area contributed by atoms with Gasteiger partial charge in [-0.2, -0.15) is 5.10 Å². The molecule has 3 aromatic rings. The Bertz CT molecular complexity index is 1110. The van der Waals surface area contributed by atoms with Crippen LogP contribution >= 0.6 is 57.6 Å². The summed E-state index contributed by atoms with van der Waals surface area (Å²) < 4.78 is 12.8. The van der Waals surface area contributed by atoms with Gasteiger partial charge in [0, 0.05) is 13.5 Å². The Kier molecular flexibility index (Phi) is 10.2. The lowest BCUT2D eigenvalue weighted by Gasteiger charge is -2.14. The Hall–Kier alpha value is -1.94. The first-order valence-electron chi connectivity index (χ1n) is 9.98. The van der Waals surface area contributed by atoms with Crippen molar-refractivity contribution in [1.82, 2.24) is 5.43 Å². The molecule has 0 aromatic heterocycles. The van der Waals surface area contributed by atoms with E-state index in [4.69, 9.17) is 32.7 Å². The van der Waals surface area contributed by atoms with Gasteiger partial charge in [-0.25, -0.2) is 5.43 Å². The highest BCUT2D eigenvalue weighted by Crippen LogP contribution is 2.37. The maximum Gasteiger partial charge on any atom is 0.250 e. The molecule has 3 aromatic carbocycles. The number of carbonyl (C=O) groups is 1. The van der Waals surface area contributed by atoms with Gasteiger partial charge in [-0.15, -0.1) is 11.8 Å². The molecular weight excluding hydrogens is 594 g/mol. The third kappa shape index (κ3) is 8.41. The normalized spacial score (nSPS) is 10.9. The molecular formula is C24H21Cl2IN2O3S. The molecule has 0 radical (unpaired) electrons. The zero-order valence-electron chi connectivity index (χ0n) is 17.7. The van der Waals surface area contributed by atoms with Crippen LogP contribution in [0.5, 0.6) is 11.5 Å². The van der Waals surface area contributed by atoms with Crippen LogP contribution in [0.1, 0.15) is 18.1 Å². The molecule has 1 amide bonds. The molecule has 0 fully saturated rings. The average molecular weight is 615 g/mol. The number of hydrogen-bond acceptors (Lipinski definition) is 5. The van der Waals surface area contributed by atoms with Gasteiger partial charge in [0.1, 0.15) is 6.61 Å².